The number of para-hydroxylation sites is 2. The highest BCUT2D eigenvalue weighted by Crippen LogP contribution is 2.30. The molecule has 0 aliphatic heterocycles. The first-order valence-corrected chi connectivity index (χ1v) is 10.9. The number of furan rings is 1. The molecule has 5 aromatic rings. The monoisotopic (exact) mass is 514 g/mol. The third-order valence-corrected chi connectivity index (χ3v) is 5.05. The van der Waals surface area contributed by atoms with Crippen LogP contribution in [0.1, 0.15) is 22.0 Å². The van der Waals surface area contributed by atoms with Crippen LogP contribution in [0.25, 0.3) is 22.6 Å². The summed E-state index contributed by atoms with van der Waals surface area (Å²) >= 11 is 0. The van der Waals surface area contributed by atoms with Gasteiger partial charge < -0.3 is 28.3 Å². The fourth-order valence-electron chi connectivity index (χ4n) is 3.37. The predicted molar refractivity (Wildman–Crippen MR) is 120 cm³/mol. The van der Waals surface area contributed by atoms with Gasteiger partial charge in [0.25, 0.3) is 11.8 Å². The van der Waals surface area contributed by atoms with Crippen LogP contribution in [-0.4, -0.2) is 34.4 Å². The van der Waals surface area contributed by atoms with Gasteiger partial charge in [0.1, 0.15) is 24.5 Å². The SMILES string of the molecule is O=C(NCCOc1cc(-c2noc(C(F)(F)F)n2)on1)c1oc2ccccc2c1COc1ccccc1. The van der Waals surface area contributed by atoms with Gasteiger partial charge in [-0.15, -0.1) is 0 Å². The molecule has 0 spiro atoms. The Morgan fingerprint density at radius 3 is 2.54 bits per heavy atom. The van der Waals surface area contributed by atoms with Gasteiger partial charge in [0.15, 0.2) is 5.76 Å². The number of fused-ring (bicyclic) bond motifs is 1. The highest BCUT2D eigenvalue weighted by molar-refractivity contribution is 5.99. The maximum absolute atomic E-state index is 12.9. The van der Waals surface area contributed by atoms with E-state index in [1.54, 1.807) is 12.1 Å². The Morgan fingerprint density at radius 2 is 1.76 bits per heavy atom. The molecule has 190 valence electrons. The number of hydrogen-bond donors (Lipinski definition) is 1. The predicted octanol–water partition coefficient (Wildman–Crippen LogP) is 4.88. The minimum Gasteiger partial charge on any atom is -0.489 e. The van der Waals surface area contributed by atoms with Crippen LogP contribution in [0.4, 0.5) is 13.2 Å². The van der Waals surface area contributed by atoms with Gasteiger partial charge in [-0.2, -0.15) is 18.2 Å². The average Bonchev–Trinajstić information content (AvgIpc) is 3.64. The molecule has 0 bridgehead atoms. The number of halogens is 3. The summed E-state index contributed by atoms with van der Waals surface area (Å²) in [7, 11) is 0. The van der Waals surface area contributed by atoms with Crippen LogP contribution in [-0.2, 0) is 12.8 Å². The molecule has 1 N–H and O–H groups in total. The van der Waals surface area contributed by atoms with Gasteiger partial charge in [0, 0.05) is 10.9 Å². The lowest BCUT2D eigenvalue weighted by Gasteiger charge is -2.08. The van der Waals surface area contributed by atoms with Crippen molar-refractivity contribution in [1.29, 1.82) is 0 Å². The standard InChI is InChI=1S/C24H17F3N4O6/c25-24(26,27)23-29-21(31-37-23)18-12-19(30-36-18)33-11-10-28-22(32)20-16(13-34-14-6-2-1-3-7-14)15-8-4-5-9-17(15)35-20/h1-9,12H,10-11,13H2,(H,28,32). The fourth-order valence-corrected chi connectivity index (χ4v) is 3.37. The Balaban J connectivity index is 1.19. The second-order valence-corrected chi connectivity index (χ2v) is 7.56. The summed E-state index contributed by atoms with van der Waals surface area (Å²) in [4.78, 5) is 16.1. The number of ether oxygens (including phenoxy) is 2. The Bertz CT molecular complexity index is 1510. The lowest BCUT2D eigenvalue weighted by Crippen LogP contribution is -2.28. The van der Waals surface area contributed by atoms with Gasteiger partial charge in [0.05, 0.1) is 12.6 Å². The minimum absolute atomic E-state index is 0.0200. The molecule has 13 heteroatoms. The van der Waals surface area contributed by atoms with Crippen molar-refractivity contribution < 1.29 is 40.9 Å². The van der Waals surface area contributed by atoms with Crippen molar-refractivity contribution in [2.45, 2.75) is 12.8 Å². The number of nitrogens with zero attached hydrogens (tertiary/aromatic N) is 3. The quantitative estimate of drug-likeness (QED) is 0.274. The number of carbonyl (C=O) groups is 1. The van der Waals surface area contributed by atoms with Crippen LogP contribution in [0.15, 0.2) is 74.1 Å². The molecule has 1 amide bonds. The van der Waals surface area contributed by atoms with Crippen molar-refractivity contribution in [1.82, 2.24) is 20.6 Å². The van der Waals surface area contributed by atoms with Crippen LogP contribution in [0.2, 0.25) is 0 Å². The normalized spacial score (nSPS) is 11.5. The van der Waals surface area contributed by atoms with Crippen LogP contribution < -0.4 is 14.8 Å². The van der Waals surface area contributed by atoms with E-state index in [0.29, 0.717) is 16.9 Å². The van der Waals surface area contributed by atoms with Crippen molar-refractivity contribution in [2.24, 2.45) is 0 Å². The van der Waals surface area contributed by atoms with Crippen molar-refractivity contribution in [2.75, 3.05) is 13.2 Å². The van der Waals surface area contributed by atoms with E-state index in [1.165, 1.54) is 6.07 Å². The molecule has 0 saturated carbocycles. The van der Waals surface area contributed by atoms with Crippen LogP contribution in [0.5, 0.6) is 11.6 Å². The zero-order chi connectivity index (χ0) is 25.8. The molecule has 37 heavy (non-hydrogen) atoms. The van der Waals surface area contributed by atoms with Gasteiger partial charge in [-0.1, -0.05) is 41.6 Å². The van der Waals surface area contributed by atoms with Crippen molar-refractivity contribution >= 4 is 16.9 Å². The summed E-state index contributed by atoms with van der Waals surface area (Å²) in [5.74, 6) is -1.87. The third kappa shape index (κ3) is 5.39. The van der Waals surface area contributed by atoms with Gasteiger partial charge in [0.2, 0.25) is 11.6 Å². The Kier molecular flexibility index (Phi) is 6.49. The number of nitrogens with one attached hydrogen (secondary N) is 1. The summed E-state index contributed by atoms with van der Waals surface area (Å²) in [6, 6.07) is 17.6. The van der Waals surface area contributed by atoms with Gasteiger partial charge >= 0.3 is 12.1 Å². The zero-order valence-corrected chi connectivity index (χ0v) is 18.8. The van der Waals surface area contributed by atoms with Crippen molar-refractivity contribution in [3.8, 4) is 23.2 Å². The van der Waals surface area contributed by atoms with Gasteiger partial charge in [-0.05, 0) is 23.4 Å². The molecule has 5 rings (SSSR count). The van der Waals surface area contributed by atoms with Gasteiger partial charge in [-0.3, -0.25) is 4.79 Å². The van der Waals surface area contributed by atoms with Crippen LogP contribution in [0, 0.1) is 0 Å². The van der Waals surface area contributed by atoms with E-state index in [1.807, 2.05) is 42.5 Å². The molecule has 0 aliphatic rings. The molecule has 2 aromatic carbocycles. The second-order valence-electron chi connectivity index (χ2n) is 7.56. The molecule has 0 unspecified atom stereocenters. The van der Waals surface area contributed by atoms with E-state index in [9.17, 15) is 18.0 Å². The number of aromatic nitrogens is 3. The maximum atomic E-state index is 12.9. The minimum atomic E-state index is -4.78. The number of benzene rings is 2. The Hall–Kier alpha value is -4.81. The molecule has 0 radical (unpaired) electrons. The largest absolute Gasteiger partial charge is 0.489 e. The van der Waals surface area contributed by atoms with Crippen molar-refractivity contribution in [3.05, 3.63) is 77.9 Å². The van der Waals surface area contributed by atoms with E-state index in [4.69, 9.17) is 18.4 Å². The van der Waals surface area contributed by atoms with Crippen LogP contribution in [0.3, 0.4) is 0 Å². The molecule has 10 nitrogen and oxygen atoms in total. The summed E-state index contributed by atoms with van der Waals surface area (Å²) in [6.45, 7) is 0.166. The van der Waals surface area contributed by atoms with E-state index < -0.39 is 23.8 Å². The molecular weight excluding hydrogens is 497 g/mol. The summed E-state index contributed by atoms with van der Waals surface area (Å²) in [5.41, 5.74) is 1.14. The lowest BCUT2D eigenvalue weighted by atomic mass is 10.1. The summed E-state index contributed by atoms with van der Waals surface area (Å²) in [5, 5.41) is 10.2. The smallest absolute Gasteiger partial charge is 0.471 e. The van der Waals surface area contributed by atoms with Crippen molar-refractivity contribution in [3.63, 3.8) is 0 Å². The second kappa shape index (κ2) is 10.0. The molecule has 0 aliphatic carbocycles. The maximum Gasteiger partial charge on any atom is 0.471 e. The fraction of sp³-hybridized carbons (Fsp3) is 0.167. The summed E-state index contributed by atoms with van der Waals surface area (Å²) < 4.78 is 63.9. The molecule has 0 saturated heterocycles. The lowest BCUT2D eigenvalue weighted by molar-refractivity contribution is -0.159. The first-order valence-electron chi connectivity index (χ1n) is 10.9. The molecule has 3 aromatic heterocycles. The average molecular weight is 514 g/mol. The van der Waals surface area contributed by atoms with E-state index in [2.05, 4.69) is 25.1 Å². The molecule has 0 atom stereocenters. The first kappa shape index (κ1) is 23.9. The first-order chi connectivity index (χ1) is 17.9. The zero-order valence-electron chi connectivity index (χ0n) is 18.8. The number of amides is 1. The van der Waals surface area contributed by atoms with E-state index in [-0.39, 0.29) is 37.2 Å². The van der Waals surface area contributed by atoms with Crippen LogP contribution >= 0.6 is 0 Å². The molecule has 3 heterocycles. The van der Waals surface area contributed by atoms with E-state index >= 15 is 0 Å². The summed E-state index contributed by atoms with van der Waals surface area (Å²) in [6.07, 6.45) is -4.78. The number of alkyl halides is 3. The Morgan fingerprint density at radius 1 is 0.973 bits per heavy atom. The Labute approximate surface area is 205 Å². The highest BCUT2D eigenvalue weighted by Gasteiger charge is 2.39. The number of hydrogen-bond acceptors (Lipinski definition) is 9. The molecule has 0 fully saturated rings. The third-order valence-electron chi connectivity index (χ3n) is 5.05. The van der Waals surface area contributed by atoms with Gasteiger partial charge in [-0.25, -0.2) is 0 Å². The molecular formula is C24H17F3N4O6. The highest BCUT2D eigenvalue weighted by atomic mass is 19.4. The number of rotatable bonds is 9. The van der Waals surface area contributed by atoms with E-state index in [0.717, 1.165) is 5.39 Å². The number of carbonyl (C=O) groups excluding carboxylic acids is 1. The topological polar surface area (TPSA) is 126 Å².